The van der Waals surface area contributed by atoms with Gasteiger partial charge >= 0.3 is 0 Å². The molecule has 0 spiro atoms. The van der Waals surface area contributed by atoms with Crippen molar-refractivity contribution in [2.75, 3.05) is 0 Å². The molecule has 0 saturated carbocycles. The van der Waals surface area contributed by atoms with Crippen molar-refractivity contribution in [3.05, 3.63) is 45.6 Å². The molecule has 1 aromatic carbocycles. The second-order valence-electron chi connectivity index (χ2n) is 3.84. The van der Waals surface area contributed by atoms with Crippen LogP contribution in [0.2, 0.25) is 0 Å². The molecule has 0 aliphatic heterocycles. The van der Waals surface area contributed by atoms with Crippen LogP contribution in [-0.2, 0) is 13.0 Å². The van der Waals surface area contributed by atoms with Crippen LogP contribution < -0.4 is 4.74 Å². The lowest BCUT2D eigenvalue weighted by molar-refractivity contribution is -0.384. The predicted molar refractivity (Wildman–Crippen MR) is 66.5 cm³/mol. The number of non-ortho nitro benzene ring substituents is 1. The Kier molecular flexibility index (Phi) is 4.04. The molecule has 0 saturated heterocycles. The maximum atomic E-state index is 10.9. The van der Waals surface area contributed by atoms with E-state index in [0.29, 0.717) is 18.5 Å². The van der Waals surface area contributed by atoms with Crippen LogP contribution in [-0.4, -0.2) is 21.4 Å². The summed E-state index contributed by atoms with van der Waals surface area (Å²) in [5.74, 6) is 1.06. The van der Waals surface area contributed by atoms with Gasteiger partial charge in [-0.3, -0.25) is 14.9 Å². The zero-order chi connectivity index (χ0) is 14.5. The Labute approximate surface area is 113 Å². The van der Waals surface area contributed by atoms with Gasteiger partial charge in [0.05, 0.1) is 10.5 Å². The number of nitro benzene ring substituents is 1. The third-order valence-electron chi connectivity index (χ3n) is 2.51. The molecule has 0 amide bonds. The molecule has 2 aromatic rings. The van der Waals surface area contributed by atoms with Gasteiger partial charge in [0.25, 0.3) is 11.6 Å². The fraction of sp³-hybridized carbons (Fsp3) is 0.250. The van der Waals surface area contributed by atoms with Crippen molar-refractivity contribution in [3.63, 3.8) is 0 Å². The van der Waals surface area contributed by atoms with Crippen molar-refractivity contribution in [3.8, 4) is 5.75 Å². The highest BCUT2D eigenvalue weighted by Gasteiger charge is 2.12. The number of carbonyl (C=O) groups is 1. The van der Waals surface area contributed by atoms with Crippen LogP contribution in [0.25, 0.3) is 0 Å². The van der Waals surface area contributed by atoms with Gasteiger partial charge in [-0.25, -0.2) is 0 Å². The van der Waals surface area contributed by atoms with Crippen LogP contribution in [0, 0.1) is 10.1 Å². The van der Waals surface area contributed by atoms with Gasteiger partial charge in [0.1, 0.15) is 5.75 Å². The normalized spacial score (nSPS) is 10.2. The van der Waals surface area contributed by atoms with Gasteiger partial charge in [-0.05, 0) is 6.07 Å². The van der Waals surface area contributed by atoms with Gasteiger partial charge in [0.15, 0.2) is 18.7 Å². The van der Waals surface area contributed by atoms with Gasteiger partial charge in [0.2, 0.25) is 0 Å². The summed E-state index contributed by atoms with van der Waals surface area (Å²) >= 11 is 0. The molecule has 8 heteroatoms. The summed E-state index contributed by atoms with van der Waals surface area (Å²) in [6.07, 6.45) is 1.13. The van der Waals surface area contributed by atoms with E-state index >= 15 is 0 Å². The van der Waals surface area contributed by atoms with Crippen molar-refractivity contribution in [1.82, 2.24) is 10.1 Å². The summed E-state index contributed by atoms with van der Waals surface area (Å²) in [6.45, 7) is 1.88. The van der Waals surface area contributed by atoms with E-state index in [2.05, 4.69) is 10.1 Å². The van der Waals surface area contributed by atoms with Gasteiger partial charge in [-0.1, -0.05) is 12.1 Å². The number of carbonyl (C=O) groups excluding carboxylic acids is 1. The number of aldehydes is 1. The maximum absolute atomic E-state index is 10.9. The smallest absolute Gasteiger partial charge is 0.270 e. The van der Waals surface area contributed by atoms with Crippen molar-refractivity contribution >= 4 is 12.0 Å². The molecule has 2 rings (SSSR count). The molecule has 0 atom stereocenters. The molecule has 8 nitrogen and oxygen atoms in total. The number of nitro groups is 1. The zero-order valence-corrected chi connectivity index (χ0v) is 10.6. The second-order valence-corrected chi connectivity index (χ2v) is 3.84. The first kappa shape index (κ1) is 13.7. The van der Waals surface area contributed by atoms with Crippen LogP contribution in [0.1, 0.15) is 29.0 Å². The molecule has 0 N–H and O–H groups in total. The summed E-state index contributed by atoms with van der Waals surface area (Å²) in [4.78, 5) is 25.0. The summed E-state index contributed by atoms with van der Waals surface area (Å²) in [6, 6.07) is 3.76. The number of benzene rings is 1. The van der Waals surface area contributed by atoms with E-state index in [0.717, 1.165) is 6.07 Å². The fourth-order valence-electron chi connectivity index (χ4n) is 1.50. The van der Waals surface area contributed by atoms with Crippen molar-refractivity contribution in [2.45, 2.75) is 20.0 Å². The molecule has 0 bridgehead atoms. The van der Waals surface area contributed by atoms with Gasteiger partial charge in [-0.15, -0.1) is 0 Å². The number of hydrogen-bond acceptors (Lipinski definition) is 7. The molecular weight excluding hydrogens is 266 g/mol. The number of nitrogens with zero attached hydrogens (tertiary/aromatic N) is 3. The first-order valence-corrected chi connectivity index (χ1v) is 5.82. The van der Waals surface area contributed by atoms with Crippen LogP contribution in [0.5, 0.6) is 5.75 Å². The first-order valence-electron chi connectivity index (χ1n) is 5.82. The number of ether oxygens (including phenoxy) is 1. The lowest BCUT2D eigenvalue weighted by Gasteiger charge is -2.05. The molecular formula is C12H11N3O5. The van der Waals surface area contributed by atoms with Gasteiger partial charge in [-0.2, -0.15) is 4.98 Å². The van der Waals surface area contributed by atoms with E-state index in [4.69, 9.17) is 9.26 Å². The van der Waals surface area contributed by atoms with E-state index in [1.165, 1.54) is 12.1 Å². The Morgan fingerprint density at radius 1 is 1.50 bits per heavy atom. The summed E-state index contributed by atoms with van der Waals surface area (Å²) in [7, 11) is 0. The lowest BCUT2D eigenvalue weighted by Crippen LogP contribution is -2.00. The average Bonchev–Trinajstić information content (AvgIpc) is 2.92. The van der Waals surface area contributed by atoms with Gasteiger partial charge < -0.3 is 9.26 Å². The minimum absolute atomic E-state index is 0.00828. The average molecular weight is 277 g/mol. The van der Waals surface area contributed by atoms with E-state index in [1.54, 1.807) is 0 Å². The molecule has 0 aliphatic rings. The number of aromatic nitrogens is 2. The summed E-state index contributed by atoms with van der Waals surface area (Å²) < 4.78 is 10.3. The number of aryl methyl sites for hydroxylation is 1. The fourth-order valence-corrected chi connectivity index (χ4v) is 1.50. The third kappa shape index (κ3) is 2.97. The SMILES string of the molecule is CCc1noc(COc2ccc([N+](=O)[O-])cc2C=O)n1. The minimum Gasteiger partial charge on any atom is -0.483 e. The molecule has 0 fully saturated rings. The van der Waals surface area contributed by atoms with E-state index in [1.807, 2.05) is 6.92 Å². The van der Waals surface area contributed by atoms with E-state index in [-0.39, 0.29) is 29.5 Å². The summed E-state index contributed by atoms with van der Waals surface area (Å²) in [5.41, 5.74) is -0.0834. The Morgan fingerprint density at radius 3 is 2.90 bits per heavy atom. The quantitative estimate of drug-likeness (QED) is 0.450. The monoisotopic (exact) mass is 277 g/mol. The molecule has 1 heterocycles. The van der Waals surface area contributed by atoms with Crippen molar-refractivity contribution in [2.24, 2.45) is 0 Å². The highest BCUT2D eigenvalue weighted by Crippen LogP contribution is 2.23. The Bertz CT molecular complexity index is 638. The van der Waals surface area contributed by atoms with E-state index < -0.39 is 4.92 Å². The van der Waals surface area contributed by atoms with Crippen molar-refractivity contribution < 1.29 is 19.0 Å². The topological polar surface area (TPSA) is 108 Å². The summed E-state index contributed by atoms with van der Waals surface area (Å²) in [5, 5.41) is 14.3. The first-order chi connectivity index (χ1) is 9.63. The van der Waals surface area contributed by atoms with Crippen LogP contribution >= 0.6 is 0 Å². The second kappa shape index (κ2) is 5.91. The standard InChI is InChI=1S/C12H11N3O5/c1-2-11-13-12(20-14-11)7-19-10-4-3-9(15(17)18)5-8(10)6-16/h3-6H,2,7H2,1H3. The zero-order valence-electron chi connectivity index (χ0n) is 10.6. The Morgan fingerprint density at radius 2 is 2.30 bits per heavy atom. The van der Waals surface area contributed by atoms with Crippen LogP contribution in [0.4, 0.5) is 5.69 Å². The highest BCUT2D eigenvalue weighted by molar-refractivity contribution is 5.80. The number of rotatable bonds is 6. The molecule has 20 heavy (non-hydrogen) atoms. The third-order valence-corrected chi connectivity index (χ3v) is 2.51. The highest BCUT2D eigenvalue weighted by atomic mass is 16.6. The van der Waals surface area contributed by atoms with E-state index in [9.17, 15) is 14.9 Å². The lowest BCUT2D eigenvalue weighted by atomic mass is 10.2. The van der Waals surface area contributed by atoms with Crippen LogP contribution in [0.15, 0.2) is 22.7 Å². The Balaban J connectivity index is 2.12. The van der Waals surface area contributed by atoms with Crippen LogP contribution in [0.3, 0.4) is 0 Å². The minimum atomic E-state index is -0.581. The number of hydrogen-bond donors (Lipinski definition) is 0. The maximum Gasteiger partial charge on any atom is 0.270 e. The molecule has 0 aliphatic carbocycles. The molecule has 1 aromatic heterocycles. The van der Waals surface area contributed by atoms with Gasteiger partial charge in [0, 0.05) is 18.6 Å². The molecule has 0 radical (unpaired) electrons. The largest absolute Gasteiger partial charge is 0.483 e. The van der Waals surface area contributed by atoms with Crippen molar-refractivity contribution in [1.29, 1.82) is 0 Å². The Hall–Kier alpha value is -2.77. The predicted octanol–water partition coefficient (Wildman–Crippen LogP) is 1.93. The molecule has 104 valence electrons. The molecule has 0 unspecified atom stereocenters.